The van der Waals surface area contributed by atoms with Crippen molar-refractivity contribution in [1.82, 2.24) is 4.90 Å². The molecule has 1 aliphatic rings. The molecule has 7 heteroatoms. The molecule has 0 spiro atoms. The van der Waals surface area contributed by atoms with Gasteiger partial charge in [0.2, 0.25) is 0 Å². The van der Waals surface area contributed by atoms with Crippen LogP contribution >= 0.6 is 23.2 Å². The van der Waals surface area contributed by atoms with Crippen molar-refractivity contribution in [2.24, 2.45) is 0 Å². The first-order valence-corrected chi connectivity index (χ1v) is 11.7. The highest BCUT2D eigenvalue weighted by atomic mass is 35.5. The lowest BCUT2D eigenvalue weighted by Crippen LogP contribution is -2.48. The number of piperazine rings is 1. The van der Waals surface area contributed by atoms with Gasteiger partial charge in [-0.25, -0.2) is 0 Å². The fourth-order valence-electron chi connectivity index (χ4n) is 3.86. The molecule has 0 radical (unpaired) electrons. The number of carbonyl (C=O) groups excluding carboxylic acids is 2. The Kier molecular flexibility index (Phi) is 7.21. The smallest absolute Gasteiger partial charge is 0.257 e. The first-order chi connectivity index (χ1) is 15.9. The van der Waals surface area contributed by atoms with Crippen LogP contribution in [0, 0.1) is 0 Å². The molecule has 1 heterocycles. The molecule has 1 fully saturated rings. The van der Waals surface area contributed by atoms with Crippen molar-refractivity contribution >= 4 is 46.4 Å². The van der Waals surface area contributed by atoms with E-state index in [4.69, 9.17) is 23.2 Å². The third-order valence-corrected chi connectivity index (χ3v) is 6.40. The number of aryl methyl sites for hydroxylation is 1. The van der Waals surface area contributed by atoms with Gasteiger partial charge in [-0.15, -0.1) is 0 Å². The largest absolute Gasteiger partial charge is 0.368 e. The highest BCUT2D eigenvalue weighted by Gasteiger charge is 2.22. The van der Waals surface area contributed by atoms with Crippen molar-refractivity contribution in [3.63, 3.8) is 0 Å². The summed E-state index contributed by atoms with van der Waals surface area (Å²) in [5.74, 6) is -0.232. The molecule has 33 heavy (non-hydrogen) atoms. The van der Waals surface area contributed by atoms with Crippen LogP contribution in [0.1, 0.15) is 33.2 Å². The van der Waals surface area contributed by atoms with Gasteiger partial charge in [0.05, 0.1) is 10.6 Å². The van der Waals surface area contributed by atoms with Gasteiger partial charge in [0.15, 0.2) is 0 Å². The van der Waals surface area contributed by atoms with E-state index < -0.39 is 0 Å². The van der Waals surface area contributed by atoms with Crippen LogP contribution < -0.4 is 10.2 Å². The molecule has 3 aromatic carbocycles. The maximum Gasteiger partial charge on any atom is 0.257 e. The number of nitrogens with zero attached hydrogens (tertiary/aromatic N) is 2. The van der Waals surface area contributed by atoms with Gasteiger partial charge in [-0.2, -0.15) is 0 Å². The predicted molar refractivity (Wildman–Crippen MR) is 135 cm³/mol. The van der Waals surface area contributed by atoms with E-state index in [1.165, 1.54) is 5.56 Å². The molecular formula is C26H25Cl2N3O2. The number of amides is 2. The van der Waals surface area contributed by atoms with E-state index in [9.17, 15) is 9.59 Å². The molecular weight excluding hydrogens is 457 g/mol. The molecule has 1 N–H and O–H groups in total. The molecule has 0 unspecified atom stereocenters. The Morgan fingerprint density at radius 1 is 0.879 bits per heavy atom. The maximum atomic E-state index is 12.8. The van der Waals surface area contributed by atoms with Gasteiger partial charge in [-0.1, -0.05) is 42.3 Å². The van der Waals surface area contributed by atoms with Crippen LogP contribution in [0.3, 0.4) is 0 Å². The first-order valence-electron chi connectivity index (χ1n) is 10.9. The number of rotatable bonds is 5. The lowest BCUT2D eigenvalue weighted by atomic mass is 10.1. The maximum absolute atomic E-state index is 12.8. The molecule has 0 atom stereocenters. The normalized spacial score (nSPS) is 13.7. The molecule has 1 saturated heterocycles. The van der Waals surface area contributed by atoms with Gasteiger partial charge >= 0.3 is 0 Å². The highest BCUT2D eigenvalue weighted by molar-refractivity contribution is 6.36. The van der Waals surface area contributed by atoms with Gasteiger partial charge in [0.1, 0.15) is 0 Å². The second-order valence-electron chi connectivity index (χ2n) is 7.95. The number of halogens is 2. The average molecular weight is 482 g/mol. The Morgan fingerprint density at radius 2 is 1.55 bits per heavy atom. The summed E-state index contributed by atoms with van der Waals surface area (Å²) in [6, 6.07) is 20.3. The number of hydrogen-bond acceptors (Lipinski definition) is 3. The minimum atomic E-state index is -0.311. The number of nitrogens with one attached hydrogen (secondary N) is 1. The Labute approximate surface area is 203 Å². The molecule has 3 aromatic rings. The lowest BCUT2D eigenvalue weighted by molar-refractivity contribution is 0.0746. The molecule has 0 bridgehead atoms. The van der Waals surface area contributed by atoms with Crippen molar-refractivity contribution in [2.45, 2.75) is 13.3 Å². The topological polar surface area (TPSA) is 52.7 Å². The van der Waals surface area contributed by atoms with Crippen molar-refractivity contribution in [3.05, 3.63) is 93.5 Å². The zero-order chi connectivity index (χ0) is 23.4. The van der Waals surface area contributed by atoms with Crippen LogP contribution in [0.5, 0.6) is 0 Å². The van der Waals surface area contributed by atoms with E-state index in [2.05, 4.69) is 17.1 Å². The number of carbonyl (C=O) groups is 2. The molecule has 0 aromatic heterocycles. The van der Waals surface area contributed by atoms with Crippen LogP contribution in [0.15, 0.2) is 66.7 Å². The van der Waals surface area contributed by atoms with Gasteiger partial charge in [0, 0.05) is 48.1 Å². The van der Waals surface area contributed by atoms with E-state index in [0.717, 1.165) is 30.8 Å². The van der Waals surface area contributed by atoms with Crippen LogP contribution in [0.25, 0.3) is 0 Å². The molecule has 0 aliphatic carbocycles. The first kappa shape index (κ1) is 23.1. The number of benzene rings is 3. The Balaban J connectivity index is 1.34. The molecule has 1 aliphatic heterocycles. The van der Waals surface area contributed by atoms with E-state index in [0.29, 0.717) is 34.4 Å². The predicted octanol–water partition coefficient (Wildman–Crippen LogP) is 5.77. The molecule has 5 nitrogen and oxygen atoms in total. The summed E-state index contributed by atoms with van der Waals surface area (Å²) in [5, 5.41) is 3.65. The summed E-state index contributed by atoms with van der Waals surface area (Å²) in [7, 11) is 0. The lowest BCUT2D eigenvalue weighted by Gasteiger charge is -2.36. The average Bonchev–Trinajstić information content (AvgIpc) is 2.85. The standard InChI is InChI=1S/C26H25Cl2N3O2/c1-2-18-3-5-19(6-4-18)26(33)31-15-13-30(14-16-31)22-10-8-21(9-11-22)29-25(32)23-17-20(27)7-12-24(23)28/h3-12,17H,2,13-16H2,1H3,(H,29,32). The summed E-state index contributed by atoms with van der Waals surface area (Å²) in [5.41, 5.74) is 4.02. The number of hydrogen-bond donors (Lipinski definition) is 1. The minimum Gasteiger partial charge on any atom is -0.368 e. The van der Waals surface area contributed by atoms with Gasteiger partial charge in [-0.3, -0.25) is 9.59 Å². The molecule has 170 valence electrons. The second-order valence-corrected chi connectivity index (χ2v) is 8.80. The molecule has 2 amide bonds. The Bertz CT molecular complexity index is 1140. The summed E-state index contributed by atoms with van der Waals surface area (Å²) >= 11 is 12.1. The summed E-state index contributed by atoms with van der Waals surface area (Å²) in [6.45, 7) is 4.94. The quantitative estimate of drug-likeness (QED) is 0.503. The monoisotopic (exact) mass is 481 g/mol. The van der Waals surface area contributed by atoms with Gasteiger partial charge in [-0.05, 0) is 66.6 Å². The zero-order valence-corrected chi connectivity index (χ0v) is 19.9. The summed E-state index contributed by atoms with van der Waals surface area (Å²) in [4.78, 5) is 29.5. The molecule has 0 saturated carbocycles. The van der Waals surface area contributed by atoms with E-state index in [1.807, 2.05) is 53.4 Å². The zero-order valence-electron chi connectivity index (χ0n) is 18.4. The van der Waals surface area contributed by atoms with E-state index >= 15 is 0 Å². The minimum absolute atomic E-state index is 0.0787. The Hall–Kier alpha value is -3.02. The molecule has 4 rings (SSSR count). The van der Waals surface area contributed by atoms with Crippen molar-refractivity contribution in [2.75, 3.05) is 36.4 Å². The SMILES string of the molecule is CCc1ccc(C(=O)N2CCN(c3ccc(NC(=O)c4cc(Cl)ccc4Cl)cc3)CC2)cc1. The summed E-state index contributed by atoms with van der Waals surface area (Å²) in [6.07, 6.45) is 0.962. The van der Waals surface area contributed by atoms with Crippen LogP contribution in [-0.4, -0.2) is 42.9 Å². The van der Waals surface area contributed by atoms with Crippen LogP contribution in [-0.2, 0) is 6.42 Å². The van der Waals surface area contributed by atoms with Crippen LogP contribution in [0.2, 0.25) is 10.0 Å². The van der Waals surface area contributed by atoms with Crippen molar-refractivity contribution in [1.29, 1.82) is 0 Å². The highest BCUT2D eigenvalue weighted by Crippen LogP contribution is 2.24. The Morgan fingerprint density at radius 3 is 2.18 bits per heavy atom. The third-order valence-electron chi connectivity index (χ3n) is 5.84. The van der Waals surface area contributed by atoms with Crippen molar-refractivity contribution < 1.29 is 9.59 Å². The fourth-order valence-corrected chi connectivity index (χ4v) is 4.23. The van der Waals surface area contributed by atoms with E-state index in [-0.39, 0.29) is 11.8 Å². The van der Waals surface area contributed by atoms with Crippen molar-refractivity contribution in [3.8, 4) is 0 Å². The third kappa shape index (κ3) is 5.49. The number of anilines is 2. The summed E-state index contributed by atoms with van der Waals surface area (Å²) < 4.78 is 0. The fraction of sp³-hybridized carbons (Fsp3) is 0.231. The van der Waals surface area contributed by atoms with Gasteiger partial charge in [0.25, 0.3) is 11.8 Å². The van der Waals surface area contributed by atoms with E-state index in [1.54, 1.807) is 18.2 Å². The second kappa shape index (κ2) is 10.3. The van der Waals surface area contributed by atoms with Gasteiger partial charge < -0.3 is 15.1 Å². The van der Waals surface area contributed by atoms with Crippen LogP contribution in [0.4, 0.5) is 11.4 Å².